The van der Waals surface area contributed by atoms with Crippen molar-refractivity contribution in [2.75, 3.05) is 18.7 Å². The van der Waals surface area contributed by atoms with E-state index in [-0.39, 0.29) is 12.5 Å². The molecule has 0 spiro atoms. The highest BCUT2D eigenvalue weighted by atomic mass is 16.7. The minimum Gasteiger partial charge on any atom is -0.507 e. The molecule has 1 aliphatic heterocycles. The minimum absolute atomic E-state index is 0.0802. The molecule has 0 atom stereocenters. The lowest BCUT2D eigenvalue weighted by molar-refractivity contribution is -0.107. The predicted molar refractivity (Wildman–Crippen MR) is 103 cm³/mol. The molecule has 4 rings (SSSR count). The maximum Gasteiger partial charge on any atom is 0.231 e. The zero-order chi connectivity index (χ0) is 18.8. The molecule has 1 amide bonds. The van der Waals surface area contributed by atoms with Crippen molar-refractivity contribution >= 4 is 12.1 Å². The number of phenolic OH excluding ortho intramolecular Hbond substituents is 1. The standard InChI is InChI=1S/C22H19NO4/c1-23(13-24)19-8-7-16(9-15-5-3-2-4-6-15)10-17(19)18-11-21-22(12-20(18)25)27-14-26-21/h2-8,10-13,25H,9,14H2,1H3. The molecule has 0 saturated heterocycles. The van der Waals surface area contributed by atoms with Gasteiger partial charge in [-0.25, -0.2) is 0 Å². The maximum absolute atomic E-state index is 11.4. The number of ether oxygens (including phenoxy) is 2. The molecule has 0 aromatic heterocycles. The van der Waals surface area contributed by atoms with E-state index in [2.05, 4.69) is 12.1 Å². The molecule has 136 valence electrons. The number of carbonyl (C=O) groups excluding carboxylic acids is 1. The normalized spacial score (nSPS) is 12.0. The van der Waals surface area contributed by atoms with Gasteiger partial charge in [0.15, 0.2) is 11.5 Å². The van der Waals surface area contributed by atoms with Crippen molar-refractivity contribution in [3.63, 3.8) is 0 Å². The fourth-order valence-corrected chi connectivity index (χ4v) is 3.25. The number of hydrogen-bond donors (Lipinski definition) is 1. The van der Waals surface area contributed by atoms with Gasteiger partial charge in [0, 0.05) is 24.2 Å². The van der Waals surface area contributed by atoms with Crippen molar-refractivity contribution in [1.82, 2.24) is 0 Å². The Morgan fingerprint density at radius 2 is 1.70 bits per heavy atom. The summed E-state index contributed by atoms with van der Waals surface area (Å²) in [7, 11) is 1.69. The monoisotopic (exact) mass is 361 g/mol. The number of benzene rings is 3. The average molecular weight is 361 g/mol. The van der Waals surface area contributed by atoms with E-state index in [1.165, 1.54) is 10.5 Å². The van der Waals surface area contributed by atoms with Crippen LogP contribution in [0.5, 0.6) is 17.2 Å². The van der Waals surface area contributed by atoms with Crippen LogP contribution in [0.15, 0.2) is 60.7 Å². The van der Waals surface area contributed by atoms with Crippen molar-refractivity contribution in [2.45, 2.75) is 6.42 Å². The zero-order valence-corrected chi connectivity index (χ0v) is 14.9. The van der Waals surface area contributed by atoms with E-state index < -0.39 is 0 Å². The number of fused-ring (bicyclic) bond motifs is 1. The van der Waals surface area contributed by atoms with Crippen LogP contribution in [0.4, 0.5) is 5.69 Å². The van der Waals surface area contributed by atoms with E-state index in [1.807, 2.05) is 36.4 Å². The molecular formula is C22H19NO4. The van der Waals surface area contributed by atoms with Gasteiger partial charge >= 0.3 is 0 Å². The molecule has 27 heavy (non-hydrogen) atoms. The number of hydrogen-bond acceptors (Lipinski definition) is 4. The molecule has 5 heteroatoms. The van der Waals surface area contributed by atoms with Gasteiger partial charge in [-0.3, -0.25) is 4.79 Å². The SMILES string of the molecule is CN(C=O)c1ccc(Cc2ccccc2)cc1-c1cc2c(cc1O)OCO2. The van der Waals surface area contributed by atoms with Crippen molar-refractivity contribution in [3.05, 3.63) is 71.8 Å². The molecule has 3 aromatic carbocycles. The van der Waals surface area contributed by atoms with Crippen LogP contribution in [0, 0.1) is 0 Å². The molecule has 0 radical (unpaired) electrons. The Labute approximate surface area is 157 Å². The smallest absolute Gasteiger partial charge is 0.231 e. The Morgan fingerprint density at radius 1 is 0.963 bits per heavy atom. The minimum atomic E-state index is 0.0802. The van der Waals surface area contributed by atoms with Crippen LogP contribution < -0.4 is 14.4 Å². The third kappa shape index (κ3) is 3.31. The Bertz CT molecular complexity index is 985. The third-order valence-corrected chi connectivity index (χ3v) is 4.63. The molecule has 1 N–H and O–H groups in total. The lowest BCUT2D eigenvalue weighted by Gasteiger charge is -2.19. The second-order valence-corrected chi connectivity index (χ2v) is 6.45. The average Bonchev–Trinajstić information content (AvgIpc) is 3.14. The lowest BCUT2D eigenvalue weighted by Crippen LogP contribution is -2.15. The van der Waals surface area contributed by atoms with Gasteiger partial charge in [-0.2, -0.15) is 0 Å². The summed E-state index contributed by atoms with van der Waals surface area (Å²) in [4.78, 5) is 12.8. The van der Waals surface area contributed by atoms with Crippen LogP contribution in [0.3, 0.4) is 0 Å². The van der Waals surface area contributed by atoms with Crippen LogP contribution in [-0.2, 0) is 11.2 Å². The molecule has 0 aliphatic carbocycles. The first-order valence-electron chi connectivity index (χ1n) is 8.63. The Morgan fingerprint density at radius 3 is 2.44 bits per heavy atom. The number of rotatable bonds is 5. The van der Waals surface area contributed by atoms with Crippen LogP contribution >= 0.6 is 0 Å². The van der Waals surface area contributed by atoms with Gasteiger partial charge in [0.1, 0.15) is 5.75 Å². The van der Waals surface area contributed by atoms with Gasteiger partial charge in [-0.15, -0.1) is 0 Å². The van der Waals surface area contributed by atoms with Gasteiger partial charge < -0.3 is 19.5 Å². The largest absolute Gasteiger partial charge is 0.507 e. The Kier molecular flexibility index (Phi) is 4.42. The first-order valence-corrected chi connectivity index (χ1v) is 8.63. The molecule has 1 aliphatic rings. The van der Waals surface area contributed by atoms with Crippen LogP contribution in [0.1, 0.15) is 11.1 Å². The van der Waals surface area contributed by atoms with E-state index in [1.54, 1.807) is 19.2 Å². The van der Waals surface area contributed by atoms with Gasteiger partial charge in [0.05, 0.1) is 5.69 Å². The van der Waals surface area contributed by atoms with E-state index in [4.69, 9.17) is 9.47 Å². The lowest BCUT2D eigenvalue weighted by atomic mass is 9.96. The Hall–Kier alpha value is -3.47. The van der Waals surface area contributed by atoms with E-state index in [0.717, 1.165) is 24.0 Å². The molecular weight excluding hydrogens is 342 g/mol. The number of aromatic hydroxyl groups is 1. The van der Waals surface area contributed by atoms with Gasteiger partial charge in [0.25, 0.3) is 0 Å². The molecule has 0 unspecified atom stereocenters. The van der Waals surface area contributed by atoms with Gasteiger partial charge in [-0.1, -0.05) is 36.4 Å². The Balaban J connectivity index is 1.81. The second-order valence-electron chi connectivity index (χ2n) is 6.45. The quantitative estimate of drug-likeness (QED) is 0.699. The highest BCUT2D eigenvalue weighted by molar-refractivity contribution is 5.90. The number of phenols is 1. The second kappa shape index (κ2) is 7.03. The highest BCUT2D eigenvalue weighted by Crippen LogP contribution is 2.44. The third-order valence-electron chi connectivity index (χ3n) is 4.63. The molecule has 5 nitrogen and oxygen atoms in total. The van der Waals surface area contributed by atoms with E-state index >= 15 is 0 Å². The summed E-state index contributed by atoms with van der Waals surface area (Å²) in [6.45, 7) is 0.132. The first-order chi connectivity index (χ1) is 13.2. The van der Waals surface area contributed by atoms with Crippen LogP contribution in [0.25, 0.3) is 11.1 Å². The van der Waals surface area contributed by atoms with Crippen molar-refractivity contribution < 1.29 is 19.4 Å². The van der Waals surface area contributed by atoms with E-state index in [9.17, 15) is 9.90 Å². The number of anilines is 1. The number of carbonyl (C=O) groups is 1. The van der Waals surface area contributed by atoms with Crippen LogP contribution in [-0.4, -0.2) is 25.4 Å². The highest BCUT2D eigenvalue weighted by Gasteiger charge is 2.20. The molecule has 0 bridgehead atoms. The molecule has 3 aromatic rings. The fourth-order valence-electron chi connectivity index (χ4n) is 3.25. The number of nitrogens with zero attached hydrogens (tertiary/aromatic N) is 1. The summed E-state index contributed by atoms with van der Waals surface area (Å²) < 4.78 is 10.8. The molecule has 1 heterocycles. The summed E-state index contributed by atoms with van der Waals surface area (Å²) in [6.07, 6.45) is 1.50. The topological polar surface area (TPSA) is 59.0 Å². The summed E-state index contributed by atoms with van der Waals surface area (Å²) in [5, 5.41) is 10.5. The van der Waals surface area contributed by atoms with Gasteiger partial charge in [-0.05, 0) is 35.7 Å². The number of amides is 1. The first kappa shape index (κ1) is 17.0. The van der Waals surface area contributed by atoms with Crippen molar-refractivity contribution in [2.24, 2.45) is 0 Å². The predicted octanol–water partition coefficient (Wildman–Crippen LogP) is 3.97. The van der Waals surface area contributed by atoms with Gasteiger partial charge in [0.2, 0.25) is 13.2 Å². The van der Waals surface area contributed by atoms with Crippen LogP contribution in [0.2, 0.25) is 0 Å². The zero-order valence-electron chi connectivity index (χ0n) is 14.9. The molecule has 0 fully saturated rings. The summed E-state index contributed by atoms with van der Waals surface area (Å²) >= 11 is 0. The molecule has 0 saturated carbocycles. The van der Waals surface area contributed by atoms with Crippen molar-refractivity contribution in [3.8, 4) is 28.4 Å². The van der Waals surface area contributed by atoms with E-state index in [0.29, 0.717) is 22.7 Å². The maximum atomic E-state index is 11.4. The summed E-state index contributed by atoms with van der Waals surface area (Å²) in [5.41, 5.74) is 4.33. The van der Waals surface area contributed by atoms with Crippen molar-refractivity contribution in [1.29, 1.82) is 0 Å². The fraction of sp³-hybridized carbons (Fsp3) is 0.136. The summed E-state index contributed by atoms with van der Waals surface area (Å²) in [5.74, 6) is 1.18. The summed E-state index contributed by atoms with van der Waals surface area (Å²) in [6, 6.07) is 19.3.